The van der Waals surface area contributed by atoms with Crippen molar-refractivity contribution >= 4 is 0 Å². The maximum Gasteiger partial charge on any atom is 2.00 e. The fourth-order valence-electron chi connectivity index (χ4n) is 0.645. The van der Waals surface area contributed by atoms with Crippen LogP contribution in [0.1, 0.15) is 18.7 Å². The third-order valence-electron chi connectivity index (χ3n) is 1.15. The van der Waals surface area contributed by atoms with Crippen LogP contribution in [0, 0.1) is 0 Å². The molecule has 1 aromatic rings. The van der Waals surface area contributed by atoms with E-state index in [-0.39, 0.29) is 27.1 Å². The predicted octanol–water partition coefficient (Wildman–Crippen LogP) is 1.10. The maximum absolute atomic E-state index is 5.55. The second-order valence-corrected chi connectivity index (χ2v) is 2.04. The normalized spacial score (nSPS) is 11.8. The summed E-state index contributed by atoms with van der Waals surface area (Å²) in [7, 11) is 0. The van der Waals surface area contributed by atoms with Crippen molar-refractivity contribution in [1.29, 1.82) is 0 Å². The Balaban J connectivity index is 0.000000810. The molecule has 1 heterocycles. The molecule has 1 atom stereocenters. The standard InChI is InChI=1S/C7H10N2.Pt/c1-6(8)7-4-2-3-5-9-7;/h2-6H,8H2,1H3;/q;+2. The number of hydrogen-bond donors (Lipinski definition) is 1. The molecule has 0 aliphatic heterocycles. The van der Waals surface area contributed by atoms with Gasteiger partial charge in [-0.25, -0.2) is 0 Å². The van der Waals surface area contributed by atoms with Crippen molar-refractivity contribution in [2.75, 3.05) is 0 Å². The van der Waals surface area contributed by atoms with Gasteiger partial charge in [-0.1, -0.05) is 6.07 Å². The predicted molar refractivity (Wildman–Crippen MR) is 36.8 cm³/mol. The number of pyridine rings is 1. The SMILES string of the molecule is CC(N)c1ccccn1.[Pt+2]. The van der Waals surface area contributed by atoms with Crippen molar-refractivity contribution in [1.82, 2.24) is 4.98 Å². The molecule has 0 aromatic carbocycles. The molecule has 56 valence electrons. The molecular weight excluding hydrogens is 307 g/mol. The molecule has 0 bridgehead atoms. The van der Waals surface area contributed by atoms with E-state index in [2.05, 4.69) is 4.98 Å². The summed E-state index contributed by atoms with van der Waals surface area (Å²) in [6.45, 7) is 1.92. The molecule has 10 heavy (non-hydrogen) atoms. The van der Waals surface area contributed by atoms with Crippen molar-refractivity contribution in [2.45, 2.75) is 13.0 Å². The fourth-order valence-corrected chi connectivity index (χ4v) is 0.645. The Morgan fingerprint density at radius 1 is 1.50 bits per heavy atom. The van der Waals surface area contributed by atoms with Gasteiger partial charge < -0.3 is 5.73 Å². The molecule has 1 unspecified atom stereocenters. The maximum atomic E-state index is 5.55. The largest absolute Gasteiger partial charge is 2.00 e. The number of nitrogens with two attached hydrogens (primary N) is 1. The third-order valence-corrected chi connectivity index (χ3v) is 1.15. The van der Waals surface area contributed by atoms with E-state index in [4.69, 9.17) is 5.73 Å². The summed E-state index contributed by atoms with van der Waals surface area (Å²) in [5, 5.41) is 0. The molecule has 0 aliphatic rings. The van der Waals surface area contributed by atoms with Gasteiger partial charge in [-0.15, -0.1) is 0 Å². The summed E-state index contributed by atoms with van der Waals surface area (Å²) in [5.41, 5.74) is 6.49. The molecule has 0 spiro atoms. The Hall–Kier alpha value is -0.202. The van der Waals surface area contributed by atoms with Gasteiger partial charge in [0.2, 0.25) is 0 Å². The first kappa shape index (κ1) is 9.80. The summed E-state index contributed by atoms with van der Waals surface area (Å²) in [4.78, 5) is 4.05. The van der Waals surface area contributed by atoms with Gasteiger partial charge in [-0.2, -0.15) is 0 Å². The van der Waals surface area contributed by atoms with Gasteiger partial charge in [0.15, 0.2) is 0 Å². The van der Waals surface area contributed by atoms with E-state index >= 15 is 0 Å². The van der Waals surface area contributed by atoms with Crippen LogP contribution in [0.25, 0.3) is 0 Å². The van der Waals surface area contributed by atoms with Crippen molar-refractivity contribution in [3.05, 3.63) is 30.1 Å². The minimum atomic E-state index is 0. The Bertz CT molecular complexity index is 174. The zero-order chi connectivity index (χ0) is 6.69. The van der Waals surface area contributed by atoms with Gasteiger partial charge in [0.05, 0.1) is 5.69 Å². The second-order valence-electron chi connectivity index (χ2n) is 2.04. The van der Waals surface area contributed by atoms with E-state index in [1.807, 2.05) is 25.1 Å². The van der Waals surface area contributed by atoms with Crippen LogP contribution < -0.4 is 5.73 Å². The van der Waals surface area contributed by atoms with Crippen LogP contribution >= 0.6 is 0 Å². The zero-order valence-corrected chi connectivity index (χ0v) is 8.00. The molecule has 0 saturated heterocycles. The Morgan fingerprint density at radius 2 is 2.20 bits per heavy atom. The number of hydrogen-bond acceptors (Lipinski definition) is 2. The second kappa shape index (κ2) is 4.59. The van der Waals surface area contributed by atoms with Crippen LogP contribution in [0.15, 0.2) is 24.4 Å². The Labute approximate surface area is 75.1 Å². The minimum absolute atomic E-state index is 0. The van der Waals surface area contributed by atoms with Crippen molar-refractivity contribution in [3.8, 4) is 0 Å². The first-order chi connectivity index (χ1) is 4.30. The van der Waals surface area contributed by atoms with Crippen LogP contribution in [0.4, 0.5) is 0 Å². The van der Waals surface area contributed by atoms with Crippen LogP contribution in [-0.4, -0.2) is 4.98 Å². The van der Waals surface area contributed by atoms with E-state index in [1.54, 1.807) is 6.20 Å². The molecule has 1 aromatic heterocycles. The number of rotatable bonds is 1. The van der Waals surface area contributed by atoms with Crippen molar-refractivity contribution in [3.63, 3.8) is 0 Å². The smallest absolute Gasteiger partial charge is 0.323 e. The van der Waals surface area contributed by atoms with Gasteiger partial charge in [0, 0.05) is 12.2 Å². The molecule has 1 rings (SSSR count). The molecule has 0 saturated carbocycles. The van der Waals surface area contributed by atoms with Crippen LogP contribution in [0.3, 0.4) is 0 Å². The van der Waals surface area contributed by atoms with Crippen molar-refractivity contribution < 1.29 is 21.1 Å². The summed E-state index contributed by atoms with van der Waals surface area (Å²) >= 11 is 0. The topological polar surface area (TPSA) is 38.9 Å². The monoisotopic (exact) mass is 317 g/mol. The van der Waals surface area contributed by atoms with E-state index in [0.717, 1.165) is 5.69 Å². The zero-order valence-electron chi connectivity index (χ0n) is 5.73. The number of aromatic nitrogens is 1. The molecule has 0 radical (unpaired) electrons. The van der Waals surface area contributed by atoms with E-state index in [1.165, 1.54) is 0 Å². The summed E-state index contributed by atoms with van der Waals surface area (Å²) in [6, 6.07) is 5.79. The molecule has 0 amide bonds. The van der Waals surface area contributed by atoms with Gasteiger partial charge in [-0.3, -0.25) is 4.98 Å². The molecule has 0 aliphatic carbocycles. The third kappa shape index (κ3) is 2.59. The molecule has 3 heteroatoms. The first-order valence-corrected chi connectivity index (χ1v) is 2.97. The fraction of sp³-hybridized carbons (Fsp3) is 0.286. The molecule has 2 N–H and O–H groups in total. The van der Waals surface area contributed by atoms with Gasteiger partial charge in [0.1, 0.15) is 0 Å². The minimum Gasteiger partial charge on any atom is -0.323 e. The summed E-state index contributed by atoms with van der Waals surface area (Å²) in [5.74, 6) is 0. The van der Waals surface area contributed by atoms with Crippen LogP contribution in [0.2, 0.25) is 0 Å². The summed E-state index contributed by atoms with van der Waals surface area (Å²) < 4.78 is 0. The Morgan fingerprint density at radius 3 is 2.50 bits per heavy atom. The molecule has 2 nitrogen and oxygen atoms in total. The average Bonchev–Trinajstić information content (AvgIpc) is 1.90. The summed E-state index contributed by atoms with van der Waals surface area (Å²) in [6.07, 6.45) is 1.75. The molecule has 0 fully saturated rings. The Kier molecular flexibility index (Phi) is 4.50. The van der Waals surface area contributed by atoms with Gasteiger partial charge >= 0.3 is 21.1 Å². The first-order valence-electron chi connectivity index (χ1n) is 2.97. The molecular formula is C7H10N2Pt+2. The van der Waals surface area contributed by atoms with Crippen molar-refractivity contribution in [2.24, 2.45) is 5.73 Å². The van der Waals surface area contributed by atoms with Gasteiger partial charge in [-0.05, 0) is 19.1 Å². The van der Waals surface area contributed by atoms with Gasteiger partial charge in [0.25, 0.3) is 0 Å². The number of nitrogens with zero attached hydrogens (tertiary/aromatic N) is 1. The van der Waals surface area contributed by atoms with E-state index < -0.39 is 0 Å². The van der Waals surface area contributed by atoms with Crippen LogP contribution in [-0.2, 0) is 21.1 Å². The van der Waals surface area contributed by atoms with E-state index in [9.17, 15) is 0 Å². The van der Waals surface area contributed by atoms with Crippen LogP contribution in [0.5, 0.6) is 0 Å². The quantitative estimate of drug-likeness (QED) is 0.842. The van der Waals surface area contributed by atoms with E-state index in [0.29, 0.717) is 0 Å². The average molecular weight is 317 g/mol.